The van der Waals surface area contributed by atoms with Gasteiger partial charge in [0.15, 0.2) is 11.5 Å². The highest BCUT2D eigenvalue weighted by atomic mass is 32.2. The lowest BCUT2D eigenvalue weighted by atomic mass is 10.3. The molecule has 2 aromatic rings. The Morgan fingerprint density at radius 3 is 2.85 bits per heavy atom. The fraction of sp³-hybridized carbons (Fsp3) is 0.364. The monoisotopic (exact) mass is 297 g/mol. The second-order valence-electron chi connectivity index (χ2n) is 4.37. The lowest BCUT2D eigenvalue weighted by molar-refractivity contribution is -0.122. The van der Waals surface area contributed by atoms with Crippen LogP contribution in [0, 0.1) is 0 Å². The summed E-state index contributed by atoms with van der Waals surface area (Å²) in [5, 5.41) is 10.5. The summed E-state index contributed by atoms with van der Waals surface area (Å²) in [6.07, 6.45) is 2.79. The van der Waals surface area contributed by atoms with Crippen LogP contribution in [0.15, 0.2) is 24.4 Å². The minimum Gasteiger partial charge on any atom is -0.347 e. The normalized spacial score (nSPS) is 13.3. The van der Waals surface area contributed by atoms with E-state index >= 15 is 0 Å². The molecule has 1 amide bonds. The molecule has 108 valence electrons. The van der Waals surface area contributed by atoms with Crippen LogP contribution in [0.5, 0.6) is 0 Å². The molecule has 0 fully saturated rings. The Bertz CT molecular complexity index is 724. The van der Waals surface area contributed by atoms with Crippen molar-refractivity contribution in [3.05, 3.63) is 30.2 Å². The smallest absolute Gasteiger partial charge is 0.238 e. The highest BCUT2D eigenvalue weighted by Crippen LogP contribution is 2.02. The molecule has 0 aromatic carbocycles. The Labute approximate surface area is 116 Å². The first-order valence-electron chi connectivity index (χ1n) is 5.90. The third-order valence-electron chi connectivity index (χ3n) is 2.59. The van der Waals surface area contributed by atoms with Gasteiger partial charge in [0.05, 0.1) is 18.8 Å². The summed E-state index contributed by atoms with van der Waals surface area (Å²) in [4.78, 5) is 11.8. The topological polar surface area (TPSA) is 105 Å². The molecular formula is C11H15N5O3S. The largest absolute Gasteiger partial charge is 0.347 e. The molecule has 0 unspecified atom stereocenters. The lowest BCUT2D eigenvalue weighted by Gasteiger charge is -2.11. The molecule has 2 heterocycles. The van der Waals surface area contributed by atoms with Crippen LogP contribution in [0.4, 0.5) is 0 Å². The summed E-state index contributed by atoms with van der Waals surface area (Å²) in [7, 11) is -3.42. The van der Waals surface area contributed by atoms with Crippen molar-refractivity contribution in [3.8, 4) is 0 Å². The maximum absolute atomic E-state index is 11.8. The molecule has 2 N–H and O–H groups in total. The molecule has 0 radical (unpaired) electrons. The van der Waals surface area contributed by atoms with E-state index in [1.165, 1.54) is 6.92 Å². The van der Waals surface area contributed by atoms with Gasteiger partial charge in [-0.15, -0.1) is 10.2 Å². The van der Waals surface area contributed by atoms with Crippen LogP contribution >= 0.6 is 0 Å². The molecule has 1 atom stereocenters. The average molecular weight is 297 g/mol. The first kappa shape index (κ1) is 14.4. The fourth-order valence-electron chi connectivity index (χ4n) is 1.71. The maximum atomic E-state index is 11.8. The van der Waals surface area contributed by atoms with E-state index in [-0.39, 0.29) is 6.54 Å². The number of rotatable bonds is 5. The van der Waals surface area contributed by atoms with Crippen LogP contribution in [0.3, 0.4) is 0 Å². The van der Waals surface area contributed by atoms with E-state index in [0.29, 0.717) is 11.5 Å². The summed E-state index contributed by atoms with van der Waals surface area (Å²) in [6.45, 7) is 1.64. The SMILES string of the molecule is C[C@H](NS(C)(=O)=O)C(=O)NCc1nnc2ccccn12. The Kier molecular flexibility index (Phi) is 4.00. The lowest BCUT2D eigenvalue weighted by Crippen LogP contribution is -2.44. The van der Waals surface area contributed by atoms with E-state index in [9.17, 15) is 13.2 Å². The quantitative estimate of drug-likeness (QED) is 0.758. The third-order valence-corrected chi connectivity index (χ3v) is 3.37. The van der Waals surface area contributed by atoms with Crippen molar-refractivity contribution in [2.45, 2.75) is 19.5 Å². The number of nitrogens with one attached hydrogen (secondary N) is 2. The maximum Gasteiger partial charge on any atom is 0.238 e. The van der Waals surface area contributed by atoms with Gasteiger partial charge in [-0.2, -0.15) is 0 Å². The number of sulfonamides is 1. The van der Waals surface area contributed by atoms with Crippen molar-refractivity contribution in [1.82, 2.24) is 24.6 Å². The van der Waals surface area contributed by atoms with E-state index in [1.807, 2.05) is 12.1 Å². The molecule has 2 rings (SSSR count). The Morgan fingerprint density at radius 2 is 2.15 bits per heavy atom. The van der Waals surface area contributed by atoms with E-state index in [2.05, 4.69) is 20.2 Å². The van der Waals surface area contributed by atoms with Crippen molar-refractivity contribution in [2.24, 2.45) is 0 Å². The zero-order chi connectivity index (χ0) is 14.8. The molecule has 8 nitrogen and oxygen atoms in total. The molecule has 2 aromatic heterocycles. The predicted molar refractivity (Wildman–Crippen MR) is 72.3 cm³/mol. The van der Waals surface area contributed by atoms with Gasteiger partial charge in [-0.05, 0) is 19.1 Å². The van der Waals surface area contributed by atoms with E-state index in [1.54, 1.807) is 16.7 Å². The predicted octanol–water partition coefficient (Wildman–Crippen LogP) is -0.717. The summed E-state index contributed by atoms with van der Waals surface area (Å²) in [5.74, 6) is 0.142. The Balaban J connectivity index is 2.00. The molecule has 20 heavy (non-hydrogen) atoms. The molecule has 0 saturated heterocycles. The van der Waals surface area contributed by atoms with Crippen molar-refractivity contribution < 1.29 is 13.2 Å². The van der Waals surface area contributed by atoms with Crippen molar-refractivity contribution in [1.29, 1.82) is 0 Å². The van der Waals surface area contributed by atoms with Crippen LogP contribution in [0.25, 0.3) is 5.65 Å². The molecule has 0 spiro atoms. The molecule has 9 heteroatoms. The van der Waals surface area contributed by atoms with Crippen molar-refractivity contribution in [3.63, 3.8) is 0 Å². The van der Waals surface area contributed by atoms with E-state index in [0.717, 1.165) is 6.26 Å². The molecule has 0 aliphatic carbocycles. The molecular weight excluding hydrogens is 282 g/mol. The van der Waals surface area contributed by atoms with Gasteiger partial charge in [0, 0.05) is 6.20 Å². The van der Waals surface area contributed by atoms with Crippen LogP contribution < -0.4 is 10.0 Å². The van der Waals surface area contributed by atoms with E-state index < -0.39 is 22.0 Å². The molecule has 0 bridgehead atoms. The Morgan fingerprint density at radius 1 is 1.40 bits per heavy atom. The van der Waals surface area contributed by atoms with Gasteiger partial charge in [-0.3, -0.25) is 9.20 Å². The number of carbonyl (C=O) groups is 1. The number of hydrogen-bond donors (Lipinski definition) is 2. The minimum absolute atomic E-state index is 0.166. The van der Waals surface area contributed by atoms with Gasteiger partial charge in [-0.25, -0.2) is 13.1 Å². The second kappa shape index (κ2) is 5.55. The van der Waals surface area contributed by atoms with Crippen LogP contribution in [0.2, 0.25) is 0 Å². The minimum atomic E-state index is -3.42. The van der Waals surface area contributed by atoms with E-state index in [4.69, 9.17) is 0 Å². The summed E-state index contributed by atoms with van der Waals surface area (Å²) in [6, 6.07) is 4.62. The zero-order valence-electron chi connectivity index (χ0n) is 11.1. The van der Waals surface area contributed by atoms with Crippen LogP contribution in [0.1, 0.15) is 12.7 Å². The van der Waals surface area contributed by atoms with Gasteiger partial charge < -0.3 is 5.32 Å². The highest BCUT2D eigenvalue weighted by molar-refractivity contribution is 7.88. The van der Waals surface area contributed by atoms with Gasteiger partial charge in [0.1, 0.15) is 0 Å². The van der Waals surface area contributed by atoms with Crippen molar-refractivity contribution in [2.75, 3.05) is 6.26 Å². The second-order valence-corrected chi connectivity index (χ2v) is 6.15. The number of pyridine rings is 1. The number of nitrogens with zero attached hydrogens (tertiary/aromatic N) is 3. The first-order valence-corrected chi connectivity index (χ1v) is 7.79. The molecule has 0 saturated carbocycles. The number of carbonyl (C=O) groups excluding carboxylic acids is 1. The molecule has 0 aliphatic heterocycles. The first-order chi connectivity index (χ1) is 9.37. The van der Waals surface area contributed by atoms with Gasteiger partial charge >= 0.3 is 0 Å². The number of amides is 1. The number of hydrogen-bond acceptors (Lipinski definition) is 5. The van der Waals surface area contributed by atoms with Gasteiger partial charge in [0.25, 0.3) is 0 Å². The third kappa shape index (κ3) is 3.52. The Hall–Kier alpha value is -2.00. The summed E-state index contributed by atoms with van der Waals surface area (Å²) in [5.41, 5.74) is 0.680. The number of aromatic nitrogens is 3. The fourth-order valence-corrected chi connectivity index (χ4v) is 2.45. The van der Waals surface area contributed by atoms with Crippen LogP contribution in [-0.4, -0.2) is 41.2 Å². The summed E-state index contributed by atoms with van der Waals surface area (Å²) < 4.78 is 26.0. The van der Waals surface area contributed by atoms with Crippen molar-refractivity contribution >= 4 is 21.6 Å². The number of fused-ring (bicyclic) bond motifs is 1. The van der Waals surface area contributed by atoms with Gasteiger partial charge in [-0.1, -0.05) is 6.07 Å². The highest BCUT2D eigenvalue weighted by Gasteiger charge is 2.17. The zero-order valence-corrected chi connectivity index (χ0v) is 11.9. The average Bonchev–Trinajstić information content (AvgIpc) is 2.77. The summed E-state index contributed by atoms with van der Waals surface area (Å²) >= 11 is 0. The standard InChI is InChI=1S/C11H15N5O3S/c1-8(15-20(2,18)19)11(17)12-7-10-14-13-9-5-3-4-6-16(9)10/h3-6,8,15H,7H2,1-2H3,(H,12,17)/t8-/m0/s1. The van der Waals surface area contributed by atoms with Crippen LogP contribution in [-0.2, 0) is 21.4 Å². The molecule has 0 aliphatic rings. The van der Waals surface area contributed by atoms with Gasteiger partial charge in [0.2, 0.25) is 15.9 Å².